The van der Waals surface area contributed by atoms with E-state index in [0.717, 1.165) is 0 Å². The van der Waals surface area contributed by atoms with Crippen LogP contribution in [0.25, 0.3) is 0 Å². The molecule has 0 bridgehead atoms. The molecular formula is C40H72N12O13S2. The number of carbonyl (C=O) groups excluding carboxylic acids is 9. The molecule has 0 saturated heterocycles. The first kappa shape index (κ1) is 61.8. The topological polar surface area (TPSA) is 429 Å². The summed E-state index contributed by atoms with van der Waals surface area (Å²) >= 11 is 5.44. The van der Waals surface area contributed by atoms with Crippen LogP contribution in [0.15, 0.2) is 0 Å². The van der Waals surface area contributed by atoms with Crippen LogP contribution in [0, 0.1) is 5.92 Å². The standard InChI is InChI=1S/C40H72N12O13S2/c1-5-21(2)32(39(63)49-25(11-7-9-16-42)37(61)50-27(40(64)65)14-17-67-4)52-30(54)19-45-35(59)24(10-6-8-15-41)47-33(57)22(3)46-36(60)26(12-13-31(55)56)48-38(62)28(20-66)51-34(58)23(43)18-29(44)53/h21-28,32,66H,5-20,41-43H2,1-4H3,(H2,44,53)(H,45,59)(H,46,60)(H,47,57)(H,48,62)(H,49,63)(H,50,61)(H,51,58)(H,52,54)(H,55,56)(H,64,65)/t21-,22-,23-,24-,25-,26-,27-,28-,32-/m0/s1. The maximum absolute atomic E-state index is 13.7. The molecule has 0 heterocycles. The first-order valence-electron chi connectivity index (χ1n) is 21.9. The fourth-order valence-electron chi connectivity index (χ4n) is 6.03. The molecule has 0 unspecified atom stereocenters. The second-order valence-electron chi connectivity index (χ2n) is 15.8. The summed E-state index contributed by atoms with van der Waals surface area (Å²) in [4.78, 5) is 140. The van der Waals surface area contributed by atoms with Gasteiger partial charge in [0.05, 0.1) is 19.0 Å². The number of carboxylic acids is 2. The van der Waals surface area contributed by atoms with E-state index in [0.29, 0.717) is 44.4 Å². The van der Waals surface area contributed by atoms with Gasteiger partial charge in [0.25, 0.3) is 0 Å². The van der Waals surface area contributed by atoms with Gasteiger partial charge in [-0.25, -0.2) is 4.79 Å². The van der Waals surface area contributed by atoms with Gasteiger partial charge in [0.1, 0.15) is 42.3 Å². The highest BCUT2D eigenvalue weighted by molar-refractivity contribution is 7.98. The molecule has 0 saturated carbocycles. The lowest BCUT2D eigenvalue weighted by atomic mass is 9.97. The van der Waals surface area contributed by atoms with Crippen molar-refractivity contribution in [3.63, 3.8) is 0 Å². The van der Waals surface area contributed by atoms with Gasteiger partial charge in [0, 0.05) is 12.2 Å². The third-order valence-corrected chi connectivity index (χ3v) is 11.2. The van der Waals surface area contributed by atoms with Crippen LogP contribution in [0.5, 0.6) is 0 Å². The van der Waals surface area contributed by atoms with Gasteiger partial charge in [0.15, 0.2) is 0 Å². The van der Waals surface area contributed by atoms with Crippen molar-refractivity contribution in [2.45, 2.75) is 140 Å². The van der Waals surface area contributed by atoms with Crippen LogP contribution in [0.2, 0.25) is 0 Å². The van der Waals surface area contributed by atoms with Gasteiger partial charge >= 0.3 is 11.9 Å². The summed E-state index contributed by atoms with van der Waals surface area (Å²) in [7, 11) is 0. The molecule has 0 aliphatic carbocycles. The van der Waals surface area contributed by atoms with Gasteiger partial charge in [-0.2, -0.15) is 24.4 Å². The van der Waals surface area contributed by atoms with Crippen LogP contribution in [0.1, 0.15) is 91.4 Å². The van der Waals surface area contributed by atoms with Crippen LogP contribution >= 0.6 is 24.4 Å². The summed E-state index contributed by atoms with van der Waals surface area (Å²) < 4.78 is 0. The Labute approximate surface area is 399 Å². The fourth-order valence-corrected chi connectivity index (χ4v) is 6.76. The minimum absolute atomic E-state index is 0.0415. The van der Waals surface area contributed by atoms with Crippen molar-refractivity contribution in [1.82, 2.24) is 42.5 Å². The van der Waals surface area contributed by atoms with Gasteiger partial charge in [-0.05, 0) is 89.3 Å². The molecular weight excluding hydrogens is 921 g/mol. The number of aliphatic carboxylic acids is 2. The van der Waals surface area contributed by atoms with E-state index in [1.807, 2.05) is 0 Å². The van der Waals surface area contributed by atoms with E-state index in [1.165, 1.54) is 18.7 Å². The SMILES string of the molecule is CC[C@H](C)[C@H](NC(=O)CNC(=O)[C@H](CCCCN)NC(=O)[C@H](C)NC(=O)[C@H](CCC(=O)O)NC(=O)[C@H](CS)NC(=O)[C@@H](N)CC(N)=O)C(=O)N[C@@H](CCCCN)C(=O)N[C@@H](CCSC)C(=O)O. The highest BCUT2D eigenvalue weighted by atomic mass is 32.2. The average Bonchev–Trinajstić information content (AvgIpc) is 3.27. The Balaban J connectivity index is 5.98. The number of thiol groups is 1. The smallest absolute Gasteiger partial charge is 0.326 e. The molecule has 0 aliphatic heterocycles. The molecule has 27 heteroatoms. The molecule has 0 aromatic heterocycles. The fraction of sp³-hybridized carbons (Fsp3) is 0.725. The highest BCUT2D eigenvalue weighted by Gasteiger charge is 2.33. The van der Waals surface area contributed by atoms with E-state index in [9.17, 15) is 63.0 Å². The number of hydrogen-bond acceptors (Lipinski definition) is 16. The average molecular weight is 993 g/mol. The van der Waals surface area contributed by atoms with Gasteiger partial charge in [-0.1, -0.05) is 20.3 Å². The number of primary amides is 1. The summed E-state index contributed by atoms with van der Waals surface area (Å²) in [5, 5.41) is 38.5. The lowest BCUT2D eigenvalue weighted by Gasteiger charge is -2.27. The molecule has 0 radical (unpaired) electrons. The molecule has 382 valence electrons. The van der Waals surface area contributed by atoms with Gasteiger partial charge in [-0.15, -0.1) is 0 Å². The number of unbranched alkanes of at least 4 members (excludes halogenated alkanes) is 2. The van der Waals surface area contributed by atoms with E-state index in [4.69, 9.17) is 22.9 Å². The molecule has 0 fully saturated rings. The third kappa shape index (κ3) is 25.5. The third-order valence-electron chi connectivity index (χ3n) is 10.2. The highest BCUT2D eigenvalue weighted by Crippen LogP contribution is 2.11. The molecule has 0 spiro atoms. The summed E-state index contributed by atoms with van der Waals surface area (Å²) in [5.41, 5.74) is 21.9. The number of nitrogens with two attached hydrogens (primary N) is 4. The van der Waals surface area contributed by atoms with Crippen LogP contribution < -0.4 is 65.5 Å². The Morgan fingerprint density at radius 3 is 1.61 bits per heavy atom. The number of hydrogen-bond donors (Lipinski definition) is 15. The number of carboxylic acid groups (broad SMARTS) is 2. The number of amides is 9. The first-order valence-corrected chi connectivity index (χ1v) is 24.0. The van der Waals surface area contributed by atoms with Crippen molar-refractivity contribution >= 4 is 89.5 Å². The normalized spacial score (nSPS) is 15.0. The summed E-state index contributed by atoms with van der Waals surface area (Å²) in [6, 6.07) is -10.5. The number of thioether (sulfide) groups is 1. The van der Waals surface area contributed by atoms with Crippen molar-refractivity contribution in [3.05, 3.63) is 0 Å². The van der Waals surface area contributed by atoms with E-state index in [1.54, 1.807) is 20.1 Å². The van der Waals surface area contributed by atoms with Crippen LogP contribution in [0.4, 0.5) is 0 Å². The van der Waals surface area contributed by atoms with Gasteiger partial charge in [-0.3, -0.25) is 47.9 Å². The van der Waals surface area contributed by atoms with Crippen molar-refractivity contribution in [2.75, 3.05) is 37.4 Å². The predicted molar refractivity (Wildman–Crippen MR) is 251 cm³/mol. The molecule has 9 amide bonds. The van der Waals surface area contributed by atoms with Crippen molar-refractivity contribution in [3.8, 4) is 0 Å². The van der Waals surface area contributed by atoms with Crippen molar-refractivity contribution in [2.24, 2.45) is 28.9 Å². The van der Waals surface area contributed by atoms with E-state index in [-0.39, 0.29) is 31.6 Å². The van der Waals surface area contributed by atoms with Crippen molar-refractivity contribution < 1.29 is 63.0 Å². The Hall–Kier alpha value is -5.25. The molecule has 0 rings (SSSR count). The maximum atomic E-state index is 13.7. The number of nitrogens with one attached hydrogen (secondary N) is 8. The Morgan fingerprint density at radius 2 is 1.10 bits per heavy atom. The second kappa shape index (κ2) is 34.1. The van der Waals surface area contributed by atoms with Crippen LogP contribution in [0.3, 0.4) is 0 Å². The lowest BCUT2D eigenvalue weighted by Crippen LogP contribution is -2.59. The van der Waals surface area contributed by atoms with Gasteiger partial charge < -0.3 is 75.7 Å². The zero-order valence-electron chi connectivity index (χ0n) is 38.6. The number of rotatable bonds is 36. The quantitative estimate of drug-likeness (QED) is 0.0208. The lowest BCUT2D eigenvalue weighted by molar-refractivity contribution is -0.142. The maximum Gasteiger partial charge on any atom is 0.326 e. The summed E-state index contributed by atoms with van der Waals surface area (Å²) in [6.07, 6.45) is 2.71. The van der Waals surface area contributed by atoms with E-state index >= 15 is 0 Å². The van der Waals surface area contributed by atoms with Crippen LogP contribution in [-0.4, -0.2) is 161 Å². The Morgan fingerprint density at radius 1 is 0.612 bits per heavy atom. The van der Waals surface area contributed by atoms with E-state index in [2.05, 4.69) is 55.2 Å². The summed E-state index contributed by atoms with van der Waals surface area (Å²) in [5.74, 6) is -10.5. The molecule has 9 atom stereocenters. The Kier molecular flexibility index (Phi) is 31.4. The molecule has 0 aliphatic rings. The zero-order chi connectivity index (χ0) is 51.2. The van der Waals surface area contributed by atoms with E-state index < -0.39 is 145 Å². The minimum atomic E-state index is -1.54. The molecule has 67 heavy (non-hydrogen) atoms. The number of carbonyl (C=O) groups is 11. The Bertz CT molecular complexity index is 1680. The second-order valence-corrected chi connectivity index (χ2v) is 17.1. The predicted octanol–water partition coefficient (Wildman–Crippen LogP) is -4.34. The monoisotopic (exact) mass is 992 g/mol. The molecule has 0 aromatic carbocycles. The molecule has 18 N–H and O–H groups in total. The van der Waals surface area contributed by atoms with Gasteiger partial charge in [0.2, 0.25) is 53.2 Å². The minimum Gasteiger partial charge on any atom is -0.481 e. The van der Waals surface area contributed by atoms with Crippen LogP contribution in [-0.2, 0) is 52.7 Å². The molecule has 25 nitrogen and oxygen atoms in total. The zero-order valence-corrected chi connectivity index (χ0v) is 40.3. The summed E-state index contributed by atoms with van der Waals surface area (Å²) in [6.45, 7) is 4.63. The van der Waals surface area contributed by atoms with Crippen molar-refractivity contribution in [1.29, 1.82) is 0 Å². The largest absolute Gasteiger partial charge is 0.481 e. The molecule has 0 aromatic rings. The first-order chi connectivity index (χ1) is 31.6.